The molecule has 0 atom stereocenters. The van der Waals surface area contributed by atoms with Crippen LogP contribution in [-0.2, 0) is 20.9 Å². The third-order valence-electron chi connectivity index (χ3n) is 4.27. The molecule has 168 valence electrons. The molecule has 0 aliphatic heterocycles. The van der Waals surface area contributed by atoms with Crippen LogP contribution < -0.4 is 14.9 Å². The fraction of sp³-hybridized carbons (Fsp3) is 0.304. The number of hydrogen-bond donors (Lipinski definition) is 1. The molecule has 1 heterocycles. The van der Waals surface area contributed by atoms with Gasteiger partial charge in [0.15, 0.2) is 4.80 Å². The molecule has 0 fully saturated rings. The molecule has 0 aliphatic carbocycles. The third-order valence-corrected chi connectivity index (χ3v) is 5.31. The summed E-state index contributed by atoms with van der Waals surface area (Å²) in [5, 5.41) is 2.73. The van der Waals surface area contributed by atoms with Crippen molar-refractivity contribution in [2.75, 3.05) is 11.9 Å². The first-order chi connectivity index (χ1) is 15.3. The Kier molecular flexibility index (Phi) is 7.42. The van der Waals surface area contributed by atoms with Gasteiger partial charge in [-0.2, -0.15) is 4.99 Å². The summed E-state index contributed by atoms with van der Waals surface area (Å²) < 4.78 is 13.1. The molecule has 9 heteroatoms. The average molecular weight is 456 g/mol. The van der Waals surface area contributed by atoms with Crippen LogP contribution in [0.15, 0.2) is 47.5 Å². The molecule has 2 amide bonds. The Morgan fingerprint density at radius 3 is 2.47 bits per heavy atom. The minimum absolute atomic E-state index is 0.0315. The van der Waals surface area contributed by atoms with Crippen LogP contribution in [-0.4, -0.2) is 35.1 Å². The topological polar surface area (TPSA) is 99.0 Å². The number of esters is 1. The van der Waals surface area contributed by atoms with Crippen LogP contribution in [0, 0.1) is 0 Å². The number of rotatable bonds is 7. The van der Waals surface area contributed by atoms with Gasteiger partial charge < -0.3 is 19.4 Å². The van der Waals surface area contributed by atoms with Crippen molar-refractivity contribution in [2.45, 2.75) is 40.3 Å². The molecule has 0 bridgehead atoms. The van der Waals surface area contributed by atoms with Gasteiger partial charge in [0.2, 0.25) is 5.91 Å². The van der Waals surface area contributed by atoms with Crippen molar-refractivity contribution in [3.05, 3.63) is 52.8 Å². The molecule has 2 aromatic carbocycles. The monoisotopic (exact) mass is 455 g/mol. The van der Waals surface area contributed by atoms with Gasteiger partial charge in [0.25, 0.3) is 5.91 Å². The van der Waals surface area contributed by atoms with Crippen LogP contribution in [0.25, 0.3) is 10.2 Å². The highest BCUT2D eigenvalue weighted by atomic mass is 32.1. The standard InChI is InChI=1S/C23H25N3O5S/c1-5-30-21(28)13-26-19-11-8-17(24-15(4)27)12-20(19)32-23(26)25-22(29)16-6-9-18(10-7-16)31-14(2)3/h6-12,14H,5,13H2,1-4H3,(H,24,27). The summed E-state index contributed by atoms with van der Waals surface area (Å²) in [7, 11) is 0. The van der Waals surface area contributed by atoms with Gasteiger partial charge in [-0.15, -0.1) is 0 Å². The van der Waals surface area contributed by atoms with Crippen LogP contribution in [0.5, 0.6) is 5.75 Å². The van der Waals surface area contributed by atoms with E-state index >= 15 is 0 Å². The summed E-state index contributed by atoms with van der Waals surface area (Å²) in [6.45, 7) is 7.18. The summed E-state index contributed by atoms with van der Waals surface area (Å²) in [5.74, 6) is -0.388. The maximum Gasteiger partial charge on any atom is 0.326 e. The lowest BCUT2D eigenvalue weighted by atomic mass is 10.2. The lowest BCUT2D eigenvalue weighted by Crippen LogP contribution is -2.23. The molecular weight excluding hydrogens is 430 g/mol. The molecule has 1 aromatic heterocycles. The Balaban J connectivity index is 2.01. The molecule has 0 unspecified atom stereocenters. The Morgan fingerprint density at radius 2 is 1.84 bits per heavy atom. The first-order valence-corrected chi connectivity index (χ1v) is 11.0. The highest BCUT2D eigenvalue weighted by Gasteiger charge is 2.14. The van der Waals surface area contributed by atoms with E-state index in [4.69, 9.17) is 9.47 Å². The molecular formula is C23H25N3O5S. The summed E-state index contributed by atoms with van der Waals surface area (Å²) in [6.07, 6.45) is 0.0315. The van der Waals surface area contributed by atoms with Crippen molar-refractivity contribution in [1.82, 2.24) is 4.57 Å². The van der Waals surface area contributed by atoms with Crippen LogP contribution in [0.4, 0.5) is 5.69 Å². The summed E-state index contributed by atoms with van der Waals surface area (Å²) in [4.78, 5) is 41.0. The summed E-state index contributed by atoms with van der Waals surface area (Å²) >= 11 is 1.25. The quantitative estimate of drug-likeness (QED) is 0.547. The number of ether oxygens (including phenoxy) is 2. The number of aromatic nitrogens is 1. The number of fused-ring (bicyclic) bond motifs is 1. The number of amides is 2. The Morgan fingerprint density at radius 1 is 1.12 bits per heavy atom. The van der Waals surface area contributed by atoms with Gasteiger partial charge >= 0.3 is 5.97 Å². The fourth-order valence-electron chi connectivity index (χ4n) is 3.03. The number of carbonyl (C=O) groups is 3. The predicted molar refractivity (Wildman–Crippen MR) is 123 cm³/mol. The lowest BCUT2D eigenvalue weighted by molar-refractivity contribution is -0.143. The number of benzene rings is 2. The highest BCUT2D eigenvalue weighted by molar-refractivity contribution is 7.16. The van der Waals surface area contributed by atoms with E-state index in [1.165, 1.54) is 18.3 Å². The van der Waals surface area contributed by atoms with E-state index in [1.54, 1.807) is 54.0 Å². The number of anilines is 1. The summed E-state index contributed by atoms with van der Waals surface area (Å²) in [6, 6.07) is 12.0. The van der Waals surface area contributed by atoms with Crippen molar-refractivity contribution in [3.8, 4) is 5.75 Å². The largest absolute Gasteiger partial charge is 0.491 e. The van der Waals surface area contributed by atoms with E-state index in [1.807, 2.05) is 13.8 Å². The molecule has 8 nitrogen and oxygen atoms in total. The molecule has 0 saturated carbocycles. The van der Waals surface area contributed by atoms with Gasteiger partial charge in [0.1, 0.15) is 12.3 Å². The van der Waals surface area contributed by atoms with Gasteiger partial charge in [0, 0.05) is 18.2 Å². The van der Waals surface area contributed by atoms with Crippen LogP contribution in [0.2, 0.25) is 0 Å². The second-order valence-corrected chi connectivity index (χ2v) is 8.26. The van der Waals surface area contributed by atoms with Crippen molar-refractivity contribution in [2.24, 2.45) is 4.99 Å². The first kappa shape index (κ1) is 23.2. The van der Waals surface area contributed by atoms with Gasteiger partial charge in [-0.1, -0.05) is 11.3 Å². The van der Waals surface area contributed by atoms with Gasteiger partial charge in [-0.05, 0) is 63.2 Å². The first-order valence-electron chi connectivity index (χ1n) is 10.2. The molecule has 0 radical (unpaired) electrons. The van der Waals surface area contributed by atoms with Gasteiger partial charge in [0.05, 0.1) is 22.9 Å². The second kappa shape index (κ2) is 10.2. The smallest absolute Gasteiger partial charge is 0.326 e. The van der Waals surface area contributed by atoms with Crippen LogP contribution in [0.1, 0.15) is 38.1 Å². The Hall–Kier alpha value is -3.46. The number of carbonyl (C=O) groups excluding carboxylic acids is 3. The minimum atomic E-state index is -0.438. The number of nitrogens with one attached hydrogen (secondary N) is 1. The van der Waals surface area contributed by atoms with E-state index in [0.29, 0.717) is 27.3 Å². The average Bonchev–Trinajstić information content (AvgIpc) is 3.04. The molecule has 0 spiro atoms. The van der Waals surface area contributed by atoms with Crippen molar-refractivity contribution in [3.63, 3.8) is 0 Å². The van der Waals surface area contributed by atoms with Gasteiger partial charge in [-0.3, -0.25) is 14.4 Å². The Bertz CT molecular complexity index is 1210. The Labute approximate surface area is 189 Å². The van der Waals surface area contributed by atoms with E-state index in [2.05, 4.69) is 10.3 Å². The second-order valence-electron chi connectivity index (χ2n) is 7.25. The van der Waals surface area contributed by atoms with E-state index in [-0.39, 0.29) is 25.2 Å². The summed E-state index contributed by atoms with van der Waals surface area (Å²) in [5.41, 5.74) is 1.73. The molecule has 0 saturated heterocycles. The molecule has 3 aromatic rings. The molecule has 1 N–H and O–H groups in total. The normalized spacial score (nSPS) is 11.6. The van der Waals surface area contributed by atoms with Gasteiger partial charge in [-0.25, -0.2) is 0 Å². The SMILES string of the molecule is CCOC(=O)Cn1c(=NC(=O)c2ccc(OC(C)C)cc2)sc2cc(NC(C)=O)ccc21. The zero-order valence-electron chi connectivity index (χ0n) is 18.4. The number of nitrogens with zero attached hydrogens (tertiary/aromatic N) is 2. The number of hydrogen-bond acceptors (Lipinski definition) is 6. The predicted octanol–water partition coefficient (Wildman–Crippen LogP) is 3.75. The van der Waals surface area contributed by atoms with E-state index in [0.717, 1.165) is 4.70 Å². The zero-order valence-corrected chi connectivity index (χ0v) is 19.2. The van der Waals surface area contributed by atoms with E-state index < -0.39 is 11.9 Å². The maximum atomic E-state index is 12.8. The molecule has 0 aliphatic rings. The minimum Gasteiger partial charge on any atom is -0.491 e. The van der Waals surface area contributed by atoms with Crippen LogP contribution >= 0.6 is 11.3 Å². The lowest BCUT2D eigenvalue weighted by Gasteiger charge is -2.09. The van der Waals surface area contributed by atoms with Crippen molar-refractivity contribution >= 4 is 45.0 Å². The fourth-order valence-corrected chi connectivity index (χ4v) is 4.09. The molecule has 32 heavy (non-hydrogen) atoms. The zero-order chi connectivity index (χ0) is 23.3. The number of thiazole rings is 1. The van der Waals surface area contributed by atoms with Crippen molar-refractivity contribution in [1.29, 1.82) is 0 Å². The molecule has 3 rings (SSSR count). The van der Waals surface area contributed by atoms with Crippen LogP contribution in [0.3, 0.4) is 0 Å². The van der Waals surface area contributed by atoms with Crippen molar-refractivity contribution < 1.29 is 23.9 Å². The maximum absolute atomic E-state index is 12.8. The third kappa shape index (κ3) is 5.82. The highest BCUT2D eigenvalue weighted by Crippen LogP contribution is 2.22. The van der Waals surface area contributed by atoms with E-state index in [9.17, 15) is 14.4 Å².